The number of nitro benzene ring substituents is 1. The molecular formula is C26H21BrN4O5. The van der Waals surface area contributed by atoms with Crippen molar-refractivity contribution in [2.45, 2.75) is 18.2 Å². The van der Waals surface area contributed by atoms with Gasteiger partial charge in [0.25, 0.3) is 11.6 Å². The topological polar surface area (TPSA) is 116 Å². The second-order valence-corrected chi connectivity index (χ2v) is 9.43. The Balaban J connectivity index is 1.53. The van der Waals surface area contributed by atoms with Gasteiger partial charge in [-0.2, -0.15) is 0 Å². The molecule has 36 heavy (non-hydrogen) atoms. The number of imide groups is 1. The smallest absolute Gasteiger partial charge is 0.269 e. The molecule has 9 nitrogen and oxygen atoms in total. The molecule has 5 rings (SSSR count). The maximum Gasteiger partial charge on any atom is 0.269 e. The van der Waals surface area contributed by atoms with Gasteiger partial charge in [0.05, 0.1) is 28.7 Å². The summed E-state index contributed by atoms with van der Waals surface area (Å²) in [5.41, 5.74) is 4.63. The second-order valence-electron chi connectivity index (χ2n) is 8.51. The number of hydrogen-bond acceptors (Lipinski definition) is 7. The number of anilines is 2. The highest BCUT2D eigenvalue weighted by Gasteiger charge is 2.54. The Morgan fingerprint density at radius 3 is 2.22 bits per heavy atom. The number of hydrazine groups is 1. The lowest BCUT2D eigenvalue weighted by atomic mass is 9.90. The van der Waals surface area contributed by atoms with E-state index in [0.29, 0.717) is 16.9 Å². The number of nitrogens with one attached hydrogen (secondary N) is 1. The number of carbonyl (C=O) groups excluding carboxylic acids is 2. The van der Waals surface area contributed by atoms with E-state index < -0.39 is 34.9 Å². The molecule has 0 radical (unpaired) electrons. The van der Waals surface area contributed by atoms with Crippen LogP contribution < -0.4 is 10.3 Å². The van der Waals surface area contributed by atoms with Crippen molar-refractivity contribution < 1.29 is 19.6 Å². The third-order valence-corrected chi connectivity index (χ3v) is 6.87. The summed E-state index contributed by atoms with van der Waals surface area (Å²) >= 11 is 3.39. The number of benzene rings is 3. The summed E-state index contributed by atoms with van der Waals surface area (Å²) in [7, 11) is 0. The van der Waals surface area contributed by atoms with Gasteiger partial charge >= 0.3 is 0 Å². The zero-order chi connectivity index (χ0) is 25.4. The van der Waals surface area contributed by atoms with Gasteiger partial charge in [0.1, 0.15) is 6.04 Å². The summed E-state index contributed by atoms with van der Waals surface area (Å²) < 4.78 is 0.855. The van der Waals surface area contributed by atoms with Crippen molar-refractivity contribution >= 4 is 44.8 Å². The lowest BCUT2D eigenvalue weighted by molar-refractivity contribution is -0.384. The van der Waals surface area contributed by atoms with E-state index in [1.807, 2.05) is 12.1 Å². The van der Waals surface area contributed by atoms with Crippen LogP contribution in [0.1, 0.15) is 11.7 Å². The van der Waals surface area contributed by atoms with Gasteiger partial charge < -0.3 is 10.5 Å². The molecule has 1 fully saturated rings. The number of carbonyl (C=O) groups is 2. The minimum Gasteiger partial charge on any atom is -0.386 e. The number of para-hydroxylation sites is 1. The van der Waals surface area contributed by atoms with Crippen molar-refractivity contribution in [3.8, 4) is 0 Å². The van der Waals surface area contributed by atoms with Gasteiger partial charge in [0.2, 0.25) is 5.91 Å². The predicted molar refractivity (Wildman–Crippen MR) is 137 cm³/mol. The van der Waals surface area contributed by atoms with Crippen LogP contribution in [-0.4, -0.2) is 38.9 Å². The number of fused-ring (bicyclic) bond motifs is 1. The molecule has 2 N–H and O–H groups in total. The predicted octanol–water partition coefficient (Wildman–Crippen LogP) is 4.22. The third kappa shape index (κ3) is 4.30. The number of halogens is 1. The zero-order valence-corrected chi connectivity index (χ0v) is 20.4. The zero-order valence-electron chi connectivity index (χ0n) is 18.8. The van der Waals surface area contributed by atoms with E-state index in [0.717, 1.165) is 4.47 Å². The quantitative estimate of drug-likeness (QED) is 0.205. The molecule has 10 heteroatoms. The first kappa shape index (κ1) is 23.9. The highest BCUT2D eigenvalue weighted by atomic mass is 79.9. The van der Waals surface area contributed by atoms with Crippen molar-refractivity contribution in [1.82, 2.24) is 5.01 Å². The molecule has 3 aromatic carbocycles. The maximum absolute atomic E-state index is 13.7. The van der Waals surface area contributed by atoms with Crippen LogP contribution in [0, 0.1) is 16.0 Å². The van der Waals surface area contributed by atoms with Crippen LogP contribution in [0.3, 0.4) is 0 Å². The third-order valence-electron chi connectivity index (χ3n) is 6.34. The standard InChI is InChI=1S/C26H21BrN4O5/c27-17-8-6-16(7-9-17)24(32)22-15-14-21-23(26(34)29(25(21)33)19-4-2-1-3-5-19)30(22)28-18-10-12-20(13-11-18)31(35)36/h1-15,21-24,28,32H/t21-,22-,23+,24-/m1/s1. The van der Waals surface area contributed by atoms with E-state index >= 15 is 0 Å². The Kier molecular flexibility index (Phi) is 6.40. The Morgan fingerprint density at radius 2 is 1.58 bits per heavy atom. The largest absolute Gasteiger partial charge is 0.386 e. The Bertz CT molecular complexity index is 1330. The van der Waals surface area contributed by atoms with Gasteiger partial charge in [-0.3, -0.25) is 19.7 Å². The van der Waals surface area contributed by atoms with Crippen molar-refractivity contribution in [3.05, 3.63) is 111 Å². The van der Waals surface area contributed by atoms with E-state index in [4.69, 9.17) is 0 Å². The molecular weight excluding hydrogens is 528 g/mol. The van der Waals surface area contributed by atoms with E-state index in [2.05, 4.69) is 21.4 Å². The normalized spacial score (nSPS) is 22.4. The van der Waals surface area contributed by atoms with Gasteiger partial charge in [0.15, 0.2) is 0 Å². The maximum atomic E-state index is 13.7. The van der Waals surface area contributed by atoms with E-state index in [-0.39, 0.29) is 11.6 Å². The minimum atomic E-state index is -1.03. The summed E-state index contributed by atoms with van der Waals surface area (Å²) in [6.07, 6.45) is 2.36. The van der Waals surface area contributed by atoms with Gasteiger partial charge in [0, 0.05) is 22.3 Å². The summed E-state index contributed by atoms with van der Waals surface area (Å²) in [6.45, 7) is 0. The number of aliphatic hydroxyl groups is 1. The van der Waals surface area contributed by atoms with Crippen molar-refractivity contribution in [3.63, 3.8) is 0 Å². The molecule has 0 unspecified atom stereocenters. The average Bonchev–Trinajstić information content (AvgIpc) is 3.15. The summed E-state index contributed by atoms with van der Waals surface area (Å²) in [5.74, 6) is -1.56. The van der Waals surface area contributed by atoms with Gasteiger partial charge in [-0.05, 0) is 42.0 Å². The number of non-ortho nitro benzene ring substituents is 1. The Labute approximate surface area is 214 Å². The monoisotopic (exact) mass is 548 g/mol. The SMILES string of the molecule is O=C1[C@@H]2[C@@H](C=C[C@H]([C@H](O)c3ccc(Br)cc3)N2Nc2ccc([N+](=O)[O-])cc2)C(=O)N1c1ccccc1. The van der Waals surface area contributed by atoms with Crippen molar-refractivity contribution in [1.29, 1.82) is 0 Å². The molecule has 182 valence electrons. The van der Waals surface area contributed by atoms with E-state index in [1.54, 1.807) is 59.6 Å². The molecule has 2 heterocycles. The molecule has 1 saturated heterocycles. The van der Waals surface area contributed by atoms with E-state index in [9.17, 15) is 24.8 Å². The summed E-state index contributed by atoms with van der Waals surface area (Å²) in [5, 5.41) is 23.9. The number of nitrogens with zero attached hydrogens (tertiary/aromatic N) is 3. The van der Waals surface area contributed by atoms with Crippen LogP contribution in [0.5, 0.6) is 0 Å². The van der Waals surface area contributed by atoms with Gasteiger partial charge in [-0.1, -0.05) is 58.4 Å². The number of hydrogen-bond donors (Lipinski definition) is 2. The van der Waals surface area contributed by atoms with Crippen LogP contribution in [0.4, 0.5) is 17.1 Å². The fourth-order valence-corrected chi connectivity index (χ4v) is 4.83. The lowest BCUT2D eigenvalue weighted by Crippen LogP contribution is -2.55. The second kappa shape index (κ2) is 9.65. The molecule has 0 bridgehead atoms. The summed E-state index contributed by atoms with van der Waals surface area (Å²) in [6, 6.07) is 19.9. The average molecular weight is 549 g/mol. The molecule has 4 atom stereocenters. The molecule has 2 aliphatic heterocycles. The minimum absolute atomic E-state index is 0.0780. The van der Waals surface area contributed by atoms with E-state index in [1.165, 1.54) is 29.2 Å². The molecule has 3 aromatic rings. The van der Waals surface area contributed by atoms with Crippen LogP contribution >= 0.6 is 15.9 Å². The first-order valence-electron chi connectivity index (χ1n) is 11.2. The van der Waals surface area contributed by atoms with Gasteiger partial charge in [-0.15, -0.1) is 0 Å². The highest BCUT2D eigenvalue weighted by molar-refractivity contribution is 9.10. The Morgan fingerprint density at radius 1 is 0.917 bits per heavy atom. The number of rotatable bonds is 6. The molecule has 0 saturated carbocycles. The summed E-state index contributed by atoms with van der Waals surface area (Å²) in [4.78, 5) is 38.7. The molecule has 2 aliphatic rings. The van der Waals surface area contributed by atoms with Crippen LogP contribution in [-0.2, 0) is 9.59 Å². The molecule has 0 aromatic heterocycles. The Hall–Kier alpha value is -3.86. The van der Waals surface area contributed by atoms with Gasteiger partial charge in [-0.25, -0.2) is 9.91 Å². The van der Waals surface area contributed by atoms with Crippen LogP contribution in [0.2, 0.25) is 0 Å². The van der Waals surface area contributed by atoms with Crippen molar-refractivity contribution in [2.24, 2.45) is 5.92 Å². The highest BCUT2D eigenvalue weighted by Crippen LogP contribution is 2.38. The first-order valence-corrected chi connectivity index (χ1v) is 12.0. The molecule has 0 spiro atoms. The molecule has 2 amide bonds. The van der Waals surface area contributed by atoms with Crippen LogP contribution in [0.15, 0.2) is 95.5 Å². The fraction of sp³-hybridized carbons (Fsp3) is 0.154. The van der Waals surface area contributed by atoms with Crippen LogP contribution in [0.25, 0.3) is 0 Å². The number of nitro groups is 1. The molecule has 0 aliphatic carbocycles. The fourth-order valence-electron chi connectivity index (χ4n) is 4.57. The van der Waals surface area contributed by atoms with Crippen molar-refractivity contribution in [2.75, 3.05) is 10.3 Å². The first-order chi connectivity index (χ1) is 17.3. The number of aliphatic hydroxyl groups excluding tert-OH is 1. The lowest BCUT2D eigenvalue weighted by Gasteiger charge is -2.40. The number of amides is 2.